The number of fused-ring (bicyclic) bond motifs is 1. The fourth-order valence-electron chi connectivity index (χ4n) is 2.59. The summed E-state index contributed by atoms with van der Waals surface area (Å²) in [6.45, 7) is -0.0937. The summed E-state index contributed by atoms with van der Waals surface area (Å²) in [6, 6.07) is 13.4. The van der Waals surface area contributed by atoms with Gasteiger partial charge >= 0.3 is 5.97 Å². The van der Waals surface area contributed by atoms with Gasteiger partial charge in [-0.3, -0.25) is 4.79 Å². The molecule has 0 saturated heterocycles. The van der Waals surface area contributed by atoms with Crippen LogP contribution in [0.5, 0.6) is 0 Å². The highest BCUT2D eigenvalue weighted by molar-refractivity contribution is 5.86. The molecule has 1 aromatic heterocycles. The molecule has 24 heavy (non-hydrogen) atoms. The molecule has 0 saturated carbocycles. The maximum atomic E-state index is 13.4. The number of nitrogens with one attached hydrogen (secondary N) is 1. The zero-order valence-corrected chi connectivity index (χ0v) is 12.6. The van der Waals surface area contributed by atoms with E-state index in [0.29, 0.717) is 11.1 Å². The van der Waals surface area contributed by atoms with Crippen molar-refractivity contribution in [2.24, 2.45) is 0 Å². The topological polar surface area (TPSA) is 71.3 Å². The van der Waals surface area contributed by atoms with Crippen LogP contribution in [-0.4, -0.2) is 21.6 Å². The number of carboxylic acids is 1. The van der Waals surface area contributed by atoms with Crippen LogP contribution in [0.3, 0.4) is 0 Å². The smallest absolute Gasteiger partial charge is 0.330 e. The summed E-state index contributed by atoms with van der Waals surface area (Å²) < 4.78 is 15.0. The van der Waals surface area contributed by atoms with E-state index < -0.39 is 23.7 Å². The second-order valence-corrected chi connectivity index (χ2v) is 5.40. The molecule has 2 N–H and O–H groups in total. The van der Waals surface area contributed by atoms with E-state index in [1.165, 1.54) is 12.1 Å². The summed E-state index contributed by atoms with van der Waals surface area (Å²) in [4.78, 5) is 23.7. The van der Waals surface area contributed by atoms with Crippen molar-refractivity contribution >= 4 is 22.8 Å². The number of nitrogens with zero attached hydrogens (tertiary/aromatic N) is 1. The number of carboxylic acid groups (broad SMARTS) is 1. The molecule has 1 amide bonds. The van der Waals surface area contributed by atoms with Crippen molar-refractivity contribution in [1.82, 2.24) is 9.88 Å². The molecule has 1 heterocycles. The van der Waals surface area contributed by atoms with Crippen LogP contribution < -0.4 is 5.32 Å². The van der Waals surface area contributed by atoms with Crippen LogP contribution in [0.1, 0.15) is 11.6 Å². The quantitative estimate of drug-likeness (QED) is 0.757. The van der Waals surface area contributed by atoms with E-state index in [9.17, 15) is 19.1 Å². The second-order valence-electron chi connectivity index (χ2n) is 5.40. The van der Waals surface area contributed by atoms with Gasteiger partial charge in [-0.05, 0) is 35.2 Å². The van der Waals surface area contributed by atoms with E-state index >= 15 is 0 Å². The van der Waals surface area contributed by atoms with Crippen molar-refractivity contribution in [3.8, 4) is 0 Å². The maximum absolute atomic E-state index is 13.4. The Morgan fingerprint density at radius 2 is 1.88 bits per heavy atom. The first-order valence-electron chi connectivity index (χ1n) is 7.36. The molecule has 0 aliphatic heterocycles. The van der Waals surface area contributed by atoms with Crippen LogP contribution >= 0.6 is 0 Å². The number of benzene rings is 2. The third-order valence-corrected chi connectivity index (χ3v) is 3.74. The van der Waals surface area contributed by atoms with Crippen molar-refractivity contribution in [3.63, 3.8) is 0 Å². The molecule has 0 fully saturated rings. The molecule has 0 radical (unpaired) electrons. The largest absolute Gasteiger partial charge is 0.479 e. The van der Waals surface area contributed by atoms with Gasteiger partial charge in [-0.2, -0.15) is 0 Å². The monoisotopic (exact) mass is 326 g/mol. The number of halogens is 1. The molecule has 6 heteroatoms. The van der Waals surface area contributed by atoms with Gasteiger partial charge < -0.3 is 15.0 Å². The average Bonchev–Trinajstić information content (AvgIpc) is 2.95. The highest BCUT2D eigenvalue weighted by Gasteiger charge is 2.22. The zero-order chi connectivity index (χ0) is 17.1. The lowest BCUT2D eigenvalue weighted by Gasteiger charge is -2.15. The Morgan fingerprint density at radius 1 is 1.12 bits per heavy atom. The van der Waals surface area contributed by atoms with E-state index in [0.717, 1.165) is 5.39 Å². The summed E-state index contributed by atoms with van der Waals surface area (Å²) >= 11 is 0. The van der Waals surface area contributed by atoms with Crippen LogP contribution in [0.15, 0.2) is 60.8 Å². The minimum atomic E-state index is -1.14. The van der Waals surface area contributed by atoms with E-state index in [-0.39, 0.29) is 6.54 Å². The molecule has 1 atom stereocenters. The van der Waals surface area contributed by atoms with Crippen LogP contribution in [-0.2, 0) is 16.1 Å². The van der Waals surface area contributed by atoms with Gasteiger partial charge in [0.05, 0.1) is 5.52 Å². The lowest BCUT2D eigenvalue weighted by molar-refractivity contribution is -0.142. The third-order valence-electron chi connectivity index (χ3n) is 3.74. The molecule has 0 spiro atoms. The minimum absolute atomic E-state index is 0.0937. The number of hydrogen-bond acceptors (Lipinski definition) is 2. The van der Waals surface area contributed by atoms with E-state index in [1.54, 1.807) is 53.2 Å². The van der Waals surface area contributed by atoms with Crippen molar-refractivity contribution in [1.29, 1.82) is 0 Å². The average molecular weight is 326 g/mol. The first kappa shape index (κ1) is 15.7. The van der Waals surface area contributed by atoms with Gasteiger partial charge in [-0.25, -0.2) is 9.18 Å². The maximum Gasteiger partial charge on any atom is 0.330 e. The van der Waals surface area contributed by atoms with Crippen molar-refractivity contribution in [2.45, 2.75) is 12.6 Å². The predicted molar refractivity (Wildman–Crippen MR) is 86.9 cm³/mol. The standard InChI is InChI=1S/C18H15FN2O3/c19-14-7-6-12-8-9-21(15(12)10-14)11-16(22)20-17(18(23)24)13-4-2-1-3-5-13/h1-10,17H,11H2,(H,20,22)(H,23,24). The van der Waals surface area contributed by atoms with Gasteiger partial charge in [0, 0.05) is 6.20 Å². The highest BCUT2D eigenvalue weighted by Crippen LogP contribution is 2.17. The van der Waals surface area contributed by atoms with Crippen LogP contribution in [0.2, 0.25) is 0 Å². The normalized spacial score (nSPS) is 12.0. The van der Waals surface area contributed by atoms with Gasteiger partial charge in [0.25, 0.3) is 0 Å². The number of amides is 1. The van der Waals surface area contributed by atoms with Gasteiger partial charge in [0.2, 0.25) is 5.91 Å². The molecule has 2 aromatic carbocycles. The molecule has 0 aliphatic rings. The Labute approximate surface area is 137 Å². The van der Waals surface area contributed by atoms with E-state index in [4.69, 9.17) is 0 Å². The number of aromatic nitrogens is 1. The Kier molecular flexibility index (Phi) is 4.29. The van der Waals surface area contributed by atoms with Gasteiger partial charge in [-0.1, -0.05) is 30.3 Å². The van der Waals surface area contributed by atoms with Crippen LogP contribution in [0.25, 0.3) is 10.9 Å². The predicted octanol–water partition coefficient (Wildman–Crippen LogP) is 2.72. The Balaban J connectivity index is 1.78. The molecular weight excluding hydrogens is 311 g/mol. The lowest BCUT2D eigenvalue weighted by atomic mass is 10.1. The molecule has 5 nitrogen and oxygen atoms in total. The Hall–Kier alpha value is -3.15. The zero-order valence-electron chi connectivity index (χ0n) is 12.6. The summed E-state index contributed by atoms with van der Waals surface area (Å²) in [5.41, 5.74) is 1.07. The molecule has 1 unspecified atom stereocenters. The minimum Gasteiger partial charge on any atom is -0.479 e. The number of hydrogen-bond donors (Lipinski definition) is 2. The number of aliphatic carboxylic acids is 1. The first-order chi connectivity index (χ1) is 11.5. The third kappa shape index (κ3) is 3.27. The summed E-state index contributed by atoms with van der Waals surface area (Å²) in [7, 11) is 0. The van der Waals surface area contributed by atoms with Crippen molar-refractivity contribution in [3.05, 3.63) is 72.2 Å². The molecule has 3 rings (SSSR count). The highest BCUT2D eigenvalue weighted by atomic mass is 19.1. The van der Waals surface area contributed by atoms with E-state index in [1.807, 2.05) is 0 Å². The number of carbonyl (C=O) groups excluding carboxylic acids is 1. The molecular formula is C18H15FN2O3. The van der Waals surface area contributed by atoms with Crippen molar-refractivity contribution < 1.29 is 19.1 Å². The molecule has 0 bridgehead atoms. The molecule has 0 aliphatic carbocycles. The lowest BCUT2D eigenvalue weighted by Crippen LogP contribution is -2.35. The van der Waals surface area contributed by atoms with Gasteiger partial charge in [-0.15, -0.1) is 0 Å². The fraction of sp³-hybridized carbons (Fsp3) is 0.111. The van der Waals surface area contributed by atoms with E-state index in [2.05, 4.69) is 5.32 Å². The Morgan fingerprint density at radius 3 is 2.58 bits per heavy atom. The SMILES string of the molecule is O=C(Cn1ccc2ccc(F)cc21)NC(C(=O)O)c1ccccc1. The number of carbonyl (C=O) groups is 2. The fourth-order valence-corrected chi connectivity index (χ4v) is 2.59. The van der Waals surface area contributed by atoms with Crippen LogP contribution in [0, 0.1) is 5.82 Å². The summed E-state index contributed by atoms with van der Waals surface area (Å²) in [5.74, 6) is -2.00. The first-order valence-corrected chi connectivity index (χ1v) is 7.36. The number of rotatable bonds is 5. The van der Waals surface area contributed by atoms with Crippen molar-refractivity contribution in [2.75, 3.05) is 0 Å². The molecule has 122 valence electrons. The second kappa shape index (κ2) is 6.54. The van der Waals surface area contributed by atoms with Gasteiger partial charge in [0.1, 0.15) is 12.4 Å². The summed E-state index contributed by atoms with van der Waals surface area (Å²) in [6.07, 6.45) is 1.67. The molecule has 3 aromatic rings. The van der Waals surface area contributed by atoms with Crippen LogP contribution in [0.4, 0.5) is 4.39 Å². The van der Waals surface area contributed by atoms with Gasteiger partial charge in [0.15, 0.2) is 6.04 Å². The Bertz CT molecular complexity index is 890. The summed E-state index contributed by atoms with van der Waals surface area (Å²) in [5, 5.41) is 12.6.